The Balaban J connectivity index is 1.64. The van der Waals surface area contributed by atoms with Crippen molar-refractivity contribution in [2.24, 2.45) is 0 Å². The number of hydrogen-bond donors (Lipinski definition) is 0. The van der Waals surface area contributed by atoms with Crippen molar-refractivity contribution in [3.8, 4) is 0 Å². The quantitative estimate of drug-likeness (QED) is 0.774. The lowest BCUT2D eigenvalue weighted by atomic mass is 10.1. The molecule has 136 valence electrons. The van der Waals surface area contributed by atoms with Crippen molar-refractivity contribution in [2.75, 3.05) is 19.7 Å². The van der Waals surface area contributed by atoms with Gasteiger partial charge in [-0.2, -0.15) is 0 Å². The zero-order chi connectivity index (χ0) is 17.6. The van der Waals surface area contributed by atoms with Crippen LogP contribution in [0.4, 0.5) is 0 Å². The Morgan fingerprint density at radius 3 is 2.88 bits per heavy atom. The second-order valence-corrected chi connectivity index (χ2v) is 6.69. The second-order valence-electron chi connectivity index (χ2n) is 6.69. The lowest BCUT2D eigenvalue weighted by Crippen LogP contribution is -2.39. The molecule has 1 atom stereocenters. The van der Waals surface area contributed by atoms with Crippen LogP contribution >= 0.6 is 0 Å². The summed E-state index contributed by atoms with van der Waals surface area (Å²) in [6.45, 7) is 7.13. The fourth-order valence-corrected chi connectivity index (χ4v) is 3.61. The van der Waals surface area contributed by atoms with Gasteiger partial charge in [-0.1, -0.05) is 19.1 Å². The number of carbonyl (C=O) groups excluding carboxylic acids is 1. The molecule has 0 saturated carbocycles. The van der Waals surface area contributed by atoms with Gasteiger partial charge in [0.1, 0.15) is 5.82 Å². The number of aromatic nitrogens is 2. The fraction of sp³-hybridized carbons (Fsp3) is 0.600. The number of para-hydroxylation sites is 2. The first-order valence-corrected chi connectivity index (χ1v) is 9.56. The molecule has 3 rings (SSSR count). The van der Waals surface area contributed by atoms with Gasteiger partial charge < -0.3 is 14.2 Å². The Hall–Kier alpha value is -1.88. The summed E-state index contributed by atoms with van der Waals surface area (Å²) >= 11 is 0. The average molecular weight is 343 g/mol. The minimum Gasteiger partial charge on any atom is -0.376 e. The van der Waals surface area contributed by atoms with Crippen LogP contribution in [0.25, 0.3) is 11.0 Å². The summed E-state index contributed by atoms with van der Waals surface area (Å²) in [5.41, 5.74) is 2.13. The Labute approximate surface area is 150 Å². The van der Waals surface area contributed by atoms with Crippen molar-refractivity contribution >= 4 is 16.9 Å². The maximum atomic E-state index is 12.7. The van der Waals surface area contributed by atoms with E-state index in [9.17, 15) is 4.79 Å². The van der Waals surface area contributed by atoms with Gasteiger partial charge in [-0.25, -0.2) is 4.98 Å². The minimum absolute atomic E-state index is 0.205. The van der Waals surface area contributed by atoms with Gasteiger partial charge in [0.2, 0.25) is 5.91 Å². The van der Waals surface area contributed by atoms with E-state index in [1.165, 1.54) is 6.42 Å². The molecule has 1 aromatic carbocycles. The van der Waals surface area contributed by atoms with Crippen LogP contribution in [-0.2, 0) is 22.5 Å². The van der Waals surface area contributed by atoms with E-state index in [4.69, 9.17) is 4.74 Å². The molecule has 2 aromatic rings. The number of nitrogens with zero attached hydrogens (tertiary/aromatic N) is 3. The largest absolute Gasteiger partial charge is 0.376 e. The van der Waals surface area contributed by atoms with Crippen LogP contribution in [0.3, 0.4) is 0 Å². The molecular weight excluding hydrogens is 314 g/mol. The highest BCUT2D eigenvalue weighted by atomic mass is 16.5. The molecule has 1 fully saturated rings. The number of aryl methyl sites for hydroxylation is 2. The van der Waals surface area contributed by atoms with Gasteiger partial charge in [-0.15, -0.1) is 0 Å². The van der Waals surface area contributed by atoms with Gasteiger partial charge in [-0.05, 0) is 38.3 Å². The number of carbonyl (C=O) groups is 1. The molecule has 0 aliphatic carbocycles. The van der Waals surface area contributed by atoms with Gasteiger partial charge in [-0.3, -0.25) is 4.79 Å². The third-order valence-corrected chi connectivity index (χ3v) is 5.03. The zero-order valence-corrected chi connectivity index (χ0v) is 15.4. The highest BCUT2D eigenvalue weighted by Crippen LogP contribution is 2.18. The number of amides is 1. The molecule has 0 unspecified atom stereocenters. The monoisotopic (exact) mass is 343 g/mol. The fourth-order valence-electron chi connectivity index (χ4n) is 3.61. The summed E-state index contributed by atoms with van der Waals surface area (Å²) in [6.07, 6.45) is 5.00. The SMILES string of the molecule is CCc1nc2ccccc2n1CCC(=O)N(CC)C[C@@H]1CCCCO1. The molecule has 25 heavy (non-hydrogen) atoms. The molecule has 0 radical (unpaired) electrons. The van der Waals surface area contributed by atoms with E-state index < -0.39 is 0 Å². The number of benzene rings is 1. The van der Waals surface area contributed by atoms with Gasteiger partial charge in [0.25, 0.3) is 0 Å². The van der Waals surface area contributed by atoms with E-state index in [-0.39, 0.29) is 12.0 Å². The number of rotatable bonds is 7. The van der Waals surface area contributed by atoms with E-state index in [1.807, 2.05) is 30.0 Å². The van der Waals surface area contributed by atoms with Gasteiger partial charge in [0, 0.05) is 39.1 Å². The Morgan fingerprint density at radius 1 is 1.32 bits per heavy atom. The van der Waals surface area contributed by atoms with Crippen molar-refractivity contribution in [2.45, 2.75) is 58.6 Å². The lowest BCUT2D eigenvalue weighted by molar-refractivity contribution is -0.133. The normalized spacial score (nSPS) is 17.8. The molecular formula is C20H29N3O2. The van der Waals surface area contributed by atoms with E-state index in [0.717, 1.165) is 55.8 Å². The first-order valence-electron chi connectivity index (χ1n) is 9.56. The second kappa shape index (κ2) is 8.48. The van der Waals surface area contributed by atoms with Gasteiger partial charge in [0.15, 0.2) is 0 Å². The van der Waals surface area contributed by atoms with Crippen molar-refractivity contribution in [1.82, 2.24) is 14.5 Å². The average Bonchev–Trinajstić information content (AvgIpc) is 3.02. The van der Waals surface area contributed by atoms with Crippen LogP contribution in [0.5, 0.6) is 0 Å². The van der Waals surface area contributed by atoms with E-state index in [0.29, 0.717) is 13.0 Å². The molecule has 1 aliphatic rings. The standard InChI is InChI=1S/C20H29N3O2/c1-3-19-21-17-10-5-6-11-18(17)23(19)13-12-20(24)22(4-2)15-16-9-7-8-14-25-16/h5-6,10-11,16H,3-4,7-9,12-15H2,1-2H3/t16-/m0/s1. The van der Waals surface area contributed by atoms with Crippen molar-refractivity contribution in [3.05, 3.63) is 30.1 Å². The van der Waals surface area contributed by atoms with Crippen LogP contribution in [0.2, 0.25) is 0 Å². The Bertz CT molecular complexity index is 704. The van der Waals surface area contributed by atoms with E-state index >= 15 is 0 Å². The van der Waals surface area contributed by atoms with E-state index in [2.05, 4.69) is 22.5 Å². The molecule has 1 aromatic heterocycles. The summed E-state index contributed by atoms with van der Waals surface area (Å²) in [5, 5.41) is 0. The van der Waals surface area contributed by atoms with E-state index in [1.54, 1.807) is 0 Å². The molecule has 0 bridgehead atoms. The van der Waals surface area contributed by atoms with Gasteiger partial charge >= 0.3 is 0 Å². The Kier molecular flexibility index (Phi) is 6.08. The highest BCUT2D eigenvalue weighted by Gasteiger charge is 2.20. The Morgan fingerprint density at radius 2 is 2.16 bits per heavy atom. The van der Waals surface area contributed by atoms with Crippen LogP contribution < -0.4 is 0 Å². The highest BCUT2D eigenvalue weighted by molar-refractivity contribution is 5.78. The molecule has 1 amide bonds. The number of likely N-dealkylation sites (N-methyl/N-ethyl adjacent to an activating group) is 1. The van der Waals surface area contributed by atoms with Crippen molar-refractivity contribution in [3.63, 3.8) is 0 Å². The zero-order valence-electron chi connectivity index (χ0n) is 15.4. The minimum atomic E-state index is 0.205. The summed E-state index contributed by atoms with van der Waals surface area (Å²) in [4.78, 5) is 19.3. The molecule has 1 saturated heterocycles. The number of imidazole rings is 1. The first-order chi connectivity index (χ1) is 12.2. The third-order valence-electron chi connectivity index (χ3n) is 5.03. The van der Waals surface area contributed by atoms with Crippen LogP contribution in [0.15, 0.2) is 24.3 Å². The molecule has 5 nitrogen and oxygen atoms in total. The maximum Gasteiger partial charge on any atom is 0.224 e. The van der Waals surface area contributed by atoms with Gasteiger partial charge in [0.05, 0.1) is 17.1 Å². The van der Waals surface area contributed by atoms with Crippen LogP contribution in [0, 0.1) is 0 Å². The predicted molar refractivity (Wildman–Crippen MR) is 99.6 cm³/mol. The predicted octanol–water partition coefficient (Wildman–Crippen LogP) is 3.41. The smallest absolute Gasteiger partial charge is 0.224 e. The number of hydrogen-bond acceptors (Lipinski definition) is 3. The molecule has 1 aliphatic heterocycles. The molecule has 5 heteroatoms. The number of fused-ring (bicyclic) bond motifs is 1. The summed E-state index contributed by atoms with van der Waals surface area (Å²) in [5.74, 6) is 1.25. The van der Waals surface area contributed by atoms with Crippen molar-refractivity contribution < 1.29 is 9.53 Å². The molecule has 0 spiro atoms. The third kappa shape index (κ3) is 4.21. The van der Waals surface area contributed by atoms with Crippen LogP contribution in [0.1, 0.15) is 45.4 Å². The summed E-state index contributed by atoms with van der Waals surface area (Å²) < 4.78 is 7.99. The van der Waals surface area contributed by atoms with Crippen molar-refractivity contribution in [1.29, 1.82) is 0 Å². The maximum absolute atomic E-state index is 12.7. The summed E-state index contributed by atoms with van der Waals surface area (Å²) in [7, 11) is 0. The summed E-state index contributed by atoms with van der Waals surface area (Å²) in [6, 6.07) is 8.15. The van der Waals surface area contributed by atoms with Crippen LogP contribution in [-0.4, -0.2) is 46.2 Å². The number of ether oxygens (including phenoxy) is 1. The topological polar surface area (TPSA) is 47.4 Å². The first kappa shape index (κ1) is 17.9. The molecule has 0 N–H and O–H groups in total. The molecule has 2 heterocycles. The lowest BCUT2D eigenvalue weighted by Gasteiger charge is -2.29.